The van der Waals surface area contributed by atoms with Crippen LogP contribution in [0.3, 0.4) is 0 Å². The first-order valence-electron chi connectivity index (χ1n) is 10.6. The lowest BCUT2D eigenvalue weighted by molar-refractivity contribution is -0.153. The van der Waals surface area contributed by atoms with Crippen molar-refractivity contribution in [3.05, 3.63) is 59.4 Å². The summed E-state index contributed by atoms with van der Waals surface area (Å²) >= 11 is 0. The number of nitrogens with one attached hydrogen (secondary N) is 1. The van der Waals surface area contributed by atoms with Crippen molar-refractivity contribution in [2.24, 2.45) is 5.41 Å². The van der Waals surface area contributed by atoms with Crippen LogP contribution in [0.1, 0.15) is 17.9 Å². The number of halogens is 4. The van der Waals surface area contributed by atoms with Crippen LogP contribution < -0.4 is 4.72 Å². The highest BCUT2D eigenvalue weighted by Gasteiger charge is 2.64. The predicted molar refractivity (Wildman–Crippen MR) is 117 cm³/mol. The van der Waals surface area contributed by atoms with Crippen LogP contribution in [-0.2, 0) is 19.6 Å². The van der Waals surface area contributed by atoms with Crippen molar-refractivity contribution in [2.75, 3.05) is 33.1 Å². The second kappa shape index (κ2) is 8.94. The molecule has 4 rings (SSSR count). The Morgan fingerprint density at radius 2 is 1.88 bits per heavy atom. The van der Waals surface area contributed by atoms with Crippen molar-refractivity contribution in [2.45, 2.75) is 24.6 Å². The van der Waals surface area contributed by atoms with Gasteiger partial charge >= 0.3 is 0 Å². The number of ether oxygens (including phenoxy) is 1. The van der Waals surface area contributed by atoms with Gasteiger partial charge < -0.3 is 9.64 Å². The van der Waals surface area contributed by atoms with Gasteiger partial charge in [-0.25, -0.2) is 30.7 Å². The quantitative estimate of drug-likeness (QED) is 0.566. The standard InChI is InChI=1S/C23H24F4N2O4S/c1-33-12-23(22(30)29-11-19(27)20(29)10-28-34(2,31)32)9-16(23)14-7-6-13(24)8-15(14)21-17(25)4-3-5-18(21)26/h3-8,16,19-20,28H,9-12H2,1-2H3/t16-,19-,20-,23-/m1/s1. The Kier molecular flexibility index (Phi) is 6.47. The molecule has 184 valence electrons. The lowest BCUT2D eigenvalue weighted by atomic mass is 9.89. The van der Waals surface area contributed by atoms with Crippen molar-refractivity contribution in [3.8, 4) is 11.1 Å². The second-order valence-electron chi connectivity index (χ2n) is 8.84. The molecule has 0 radical (unpaired) electrons. The topological polar surface area (TPSA) is 75.7 Å². The van der Waals surface area contributed by atoms with Crippen LogP contribution in [0.2, 0.25) is 0 Å². The highest BCUT2D eigenvalue weighted by atomic mass is 32.2. The molecule has 1 aliphatic heterocycles. The van der Waals surface area contributed by atoms with Crippen LogP contribution >= 0.6 is 0 Å². The van der Waals surface area contributed by atoms with E-state index in [-0.39, 0.29) is 31.7 Å². The van der Waals surface area contributed by atoms with Crippen LogP contribution in [0.5, 0.6) is 0 Å². The summed E-state index contributed by atoms with van der Waals surface area (Å²) in [7, 11) is -2.19. The minimum absolute atomic E-state index is 0.00588. The Bertz CT molecular complexity index is 1210. The molecule has 1 N–H and O–H groups in total. The zero-order valence-electron chi connectivity index (χ0n) is 18.5. The smallest absolute Gasteiger partial charge is 0.232 e. The number of nitrogens with zero attached hydrogens (tertiary/aromatic N) is 1. The molecule has 0 aromatic heterocycles. The van der Waals surface area contributed by atoms with Gasteiger partial charge in [0.25, 0.3) is 0 Å². The number of hydrogen-bond donors (Lipinski definition) is 1. The molecule has 2 aliphatic rings. The van der Waals surface area contributed by atoms with Gasteiger partial charge in [-0.2, -0.15) is 0 Å². The number of methoxy groups -OCH3 is 1. The van der Waals surface area contributed by atoms with Gasteiger partial charge in [0.15, 0.2) is 0 Å². The third-order valence-corrected chi connectivity index (χ3v) is 7.22. The maximum absolute atomic E-state index is 14.5. The van der Waals surface area contributed by atoms with Crippen LogP contribution in [-0.4, -0.2) is 64.5 Å². The molecule has 6 nitrogen and oxygen atoms in total. The molecule has 1 amide bonds. The molecule has 1 aliphatic carbocycles. The minimum Gasteiger partial charge on any atom is -0.384 e. The van der Waals surface area contributed by atoms with E-state index in [1.165, 1.54) is 24.1 Å². The predicted octanol–water partition coefficient (Wildman–Crippen LogP) is 2.99. The number of amides is 1. The first kappa shape index (κ1) is 24.6. The van der Waals surface area contributed by atoms with Gasteiger partial charge in [-0.05, 0) is 41.8 Å². The number of hydrogen-bond acceptors (Lipinski definition) is 4. The summed E-state index contributed by atoms with van der Waals surface area (Å²) in [6.45, 7) is -0.528. The Labute approximate surface area is 194 Å². The van der Waals surface area contributed by atoms with E-state index in [4.69, 9.17) is 4.74 Å². The summed E-state index contributed by atoms with van der Waals surface area (Å²) in [6.07, 6.45) is -0.218. The van der Waals surface area contributed by atoms with E-state index >= 15 is 0 Å². The van der Waals surface area contributed by atoms with E-state index in [0.717, 1.165) is 30.5 Å². The Balaban J connectivity index is 1.67. The van der Waals surface area contributed by atoms with E-state index in [1.54, 1.807) is 0 Å². The van der Waals surface area contributed by atoms with E-state index in [0.29, 0.717) is 5.56 Å². The molecule has 0 spiro atoms. The highest BCUT2D eigenvalue weighted by molar-refractivity contribution is 7.88. The van der Waals surface area contributed by atoms with Crippen molar-refractivity contribution in [1.82, 2.24) is 9.62 Å². The molecular formula is C23H24F4N2O4S. The number of benzene rings is 2. The number of rotatable bonds is 8. The molecule has 0 unspecified atom stereocenters. The van der Waals surface area contributed by atoms with Gasteiger partial charge in [0.2, 0.25) is 15.9 Å². The average Bonchev–Trinajstić information content (AvgIpc) is 3.46. The summed E-state index contributed by atoms with van der Waals surface area (Å²) in [4.78, 5) is 14.8. The zero-order valence-corrected chi connectivity index (χ0v) is 19.3. The summed E-state index contributed by atoms with van der Waals surface area (Å²) in [5.74, 6) is -3.44. The summed E-state index contributed by atoms with van der Waals surface area (Å²) in [5.41, 5.74) is -1.18. The van der Waals surface area contributed by atoms with Crippen LogP contribution in [0.15, 0.2) is 36.4 Å². The fourth-order valence-electron chi connectivity index (χ4n) is 4.73. The first-order chi connectivity index (χ1) is 16.0. The SMILES string of the molecule is COC[C@]1(C(=O)N2C[C@@H](F)[C@H]2CNS(C)(=O)=O)C[C@@H]1c1ccc(F)cc1-c1c(F)cccc1F. The van der Waals surface area contributed by atoms with Gasteiger partial charge in [-0.15, -0.1) is 0 Å². The van der Waals surface area contributed by atoms with Gasteiger partial charge in [-0.1, -0.05) is 12.1 Å². The second-order valence-corrected chi connectivity index (χ2v) is 10.7. The fraction of sp³-hybridized carbons (Fsp3) is 0.435. The molecule has 2 fully saturated rings. The van der Waals surface area contributed by atoms with Crippen molar-refractivity contribution >= 4 is 15.9 Å². The average molecular weight is 501 g/mol. The number of alkyl halides is 1. The van der Waals surface area contributed by atoms with Crippen molar-refractivity contribution in [1.29, 1.82) is 0 Å². The maximum Gasteiger partial charge on any atom is 0.232 e. The van der Waals surface area contributed by atoms with E-state index in [1.807, 2.05) is 0 Å². The van der Waals surface area contributed by atoms with Gasteiger partial charge in [0.1, 0.15) is 23.6 Å². The number of carbonyl (C=O) groups is 1. The molecule has 11 heteroatoms. The van der Waals surface area contributed by atoms with Crippen molar-refractivity contribution in [3.63, 3.8) is 0 Å². The molecule has 1 heterocycles. The molecule has 1 saturated carbocycles. The lowest BCUT2D eigenvalue weighted by Gasteiger charge is -2.45. The largest absolute Gasteiger partial charge is 0.384 e. The summed E-state index contributed by atoms with van der Waals surface area (Å²) in [5, 5.41) is 0. The zero-order chi connectivity index (χ0) is 24.8. The maximum atomic E-state index is 14.5. The van der Waals surface area contributed by atoms with Gasteiger partial charge in [0, 0.05) is 19.6 Å². The number of sulfonamides is 1. The molecule has 2 aromatic rings. The molecular weight excluding hydrogens is 476 g/mol. The van der Waals surface area contributed by atoms with Crippen LogP contribution in [0, 0.1) is 22.9 Å². The third-order valence-electron chi connectivity index (χ3n) is 6.53. The molecule has 2 aromatic carbocycles. The van der Waals surface area contributed by atoms with E-state index in [9.17, 15) is 30.8 Å². The van der Waals surface area contributed by atoms with E-state index in [2.05, 4.69) is 4.72 Å². The number of carbonyl (C=O) groups excluding carboxylic acids is 1. The molecule has 34 heavy (non-hydrogen) atoms. The summed E-state index contributed by atoms with van der Waals surface area (Å²) in [6, 6.07) is 5.92. The summed E-state index contributed by atoms with van der Waals surface area (Å²) < 4.78 is 87.7. The Hall–Kier alpha value is -2.50. The third kappa shape index (κ3) is 4.44. The molecule has 4 atom stereocenters. The van der Waals surface area contributed by atoms with Crippen LogP contribution in [0.4, 0.5) is 17.6 Å². The fourth-order valence-corrected chi connectivity index (χ4v) is 5.20. The molecule has 0 bridgehead atoms. The van der Waals surface area contributed by atoms with Crippen molar-refractivity contribution < 1.29 is 35.5 Å². The number of likely N-dealkylation sites (tertiary alicyclic amines) is 1. The van der Waals surface area contributed by atoms with Crippen LogP contribution in [0.25, 0.3) is 11.1 Å². The Morgan fingerprint density at radius 1 is 1.21 bits per heavy atom. The highest BCUT2D eigenvalue weighted by Crippen LogP contribution is 2.62. The van der Waals surface area contributed by atoms with E-state index < -0.39 is 62.5 Å². The molecule has 1 saturated heterocycles. The monoisotopic (exact) mass is 500 g/mol. The Morgan fingerprint density at radius 3 is 2.47 bits per heavy atom. The van der Waals surface area contributed by atoms with Gasteiger partial charge in [0.05, 0.1) is 36.4 Å². The minimum atomic E-state index is -3.59. The first-order valence-corrected chi connectivity index (χ1v) is 12.5. The normalized spacial score (nSPS) is 26.3. The van der Waals surface area contributed by atoms with Gasteiger partial charge in [-0.3, -0.25) is 4.79 Å². The lowest BCUT2D eigenvalue weighted by Crippen LogP contribution is -2.65.